The number of nitro benzene ring substituents is 4. The molecule has 8 bridgehead atoms. The van der Waals surface area contributed by atoms with Gasteiger partial charge in [0.05, 0.1) is 19.7 Å². The Morgan fingerprint density at radius 2 is 0.521 bits per heavy atom. The van der Waals surface area contributed by atoms with Crippen molar-refractivity contribution >= 4 is 45.5 Å². The van der Waals surface area contributed by atoms with Crippen LogP contribution in [0.15, 0.2) is 48.5 Å². The summed E-state index contributed by atoms with van der Waals surface area (Å²) >= 11 is 0. The van der Waals surface area contributed by atoms with Gasteiger partial charge < -0.3 is 21.3 Å². The topological polar surface area (TPSA) is 221 Å². The van der Waals surface area contributed by atoms with Crippen LogP contribution in [-0.2, 0) is 25.7 Å². The first kappa shape index (κ1) is 33.1. The third-order valence-corrected chi connectivity index (χ3v) is 8.51. The highest BCUT2D eigenvalue weighted by Gasteiger charge is 2.26. The molecule has 248 valence electrons. The van der Waals surface area contributed by atoms with Crippen molar-refractivity contribution in [1.82, 2.24) is 0 Å². The minimum absolute atomic E-state index is 0.0356. The number of non-ortho nitro benzene ring substituents is 4. The zero-order valence-corrected chi connectivity index (χ0v) is 26.5. The smallest absolute Gasteiger partial charge is 0.270 e. The van der Waals surface area contributed by atoms with Crippen LogP contribution in [0.5, 0.6) is 0 Å². The van der Waals surface area contributed by atoms with Crippen LogP contribution in [-0.4, -0.2) is 47.9 Å². The molecule has 0 aromatic heterocycles. The van der Waals surface area contributed by atoms with Crippen molar-refractivity contribution in [2.45, 2.75) is 25.7 Å². The summed E-state index contributed by atoms with van der Waals surface area (Å²) in [6.07, 6.45) is 0.142. The number of nitrogens with zero attached hydrogens (tertiary/aromatic N) is 4. The first-order valence-electron chi connectivity index (χ1n) is 14.8. The molecule has 0 atom stereocenters. The first-order valence-corrected chi connectivity index (χ1v) is 14.8. The summed E-state index contributed by atoms with van der Waals surface area (Å²) in [7, 11) is 6.61. The predicted octanol–water partition coefficient (Wildman–Crippen LogP) is 6.16. The van der Waals surface area contributed by atoms with Gasteiger partial charge in [-0.05, 0) is 44.5 Å². The lowest BCUT2D eigenvalue weighted by Crippen LogP contribution is -2.11. The monoisotopic (exact) mass is 656 g/mol. The van der Waals surface area contributed by atoms with E-state index >= 15 is 0 Å². The van der Waals surface area contributed by atoms with Crippen molar-refractivity contribution in [2.24, 2.45) is 0 Å². The van der Waals surface area contributed by atoms with Gasteiger partial charge >= 0.3 is 0 Å². The van der Waals surface area contributed by atoms with Crippen LogP contribution in [0.4, 0.5) is 45.5 Å². The largest absolute Gasteiger partial charge is 0.388 e. The highest BCUT2D eigenvalue weighted by molar-refractivity contribution is 5.73. The lowest BCUT2D eigenvalue weighted by Gasteiger charge is -2.22. The van der Waals surface area contributed by atoms with E-state index in [1.807, 2.05) is 0 Å². The van der Waals surface area contributed by atoms with E-state index in [0.717, 1.165) is 0 Å². The van der Waals surface area contributed by atoms with E-state index in [1.54, 1.807) is 28.2 Å². The Labute approximate surface area is 273 Å². The molecule has 0 fully saturated rings. The summed E-state index contributed by atoms with van der Waals surface area (Å²) in [5, 5.41) is 61.1. The van der Waals surface area contributed by atoms with Crippen molar-refractivity contribution in [3.8, 4) is 0 Å². The van der Waals surface area contributed by atoms with Gasteiger partial charge in [-0.3, -0.25) is 40.5 Å². The molecule has 4 aromatic carbocycles. The van der Waals surface area contributed by atoms with E-state index in [-0.39, 0.29) is 48.4 Å². The van der Waals surface area contributed by atoms with E-state index < -0.39 is 19.7 Å². The van der Waals surface area contributed by atoms with Gasteiger partial charge in [0.25, 0.3) is 22.7 Å². The lowest BCUT2D eigenvalue weighted by atomic mass is 9.88. The molecule has 16 heteroatoms. The summed E-state index contributed by atoms with van der Waals surface area (Å²) in [4.78, 5) is 46.5. The van der Waals surface area contributed by atoms with Gasteiger partial charge in [-0.1, -0.05) is 0 Å². The number of rotatable bonds is 8. The van der Waals surface area contributed by atoms with E-state index in [9.17, 15) is 40.5 Å². The van der Waals surface area contributed by atoms with E-state index in [2.05, 4.69) is 21.3 Å². The molecule has 5 rings (SSSR count). The molecular weight excluding hydrogens is 624 g/mol. The summed E-state index contributed by atoms with van der Waals surface area (Å²) in [6.45, 7) is 0. The van der Waals surface area contributed by atoms with Crippen LogP contribution < -0.4 is 21.3 Å². The SMILES string of the molecule is CNc1c2cc([N+](=O)[O-])cc1Cc1cc([N+](=O)[O-])cc(c1NC)Cc1cc([N+](=O)[O-])cc(c1NC)Cc1cc([N+](=O)[O-])cc(c1NC)C2. The van der Waals surface area contributed by atoms with Crippen LogP contribution in [0.1, 0.15) is 44.5 Å². The summed E-state index contributed by atoms with van der Waals surface area (Å²) < 4.78 is 0. The average Bonchev–Trinajstić information content (AvgIpc) is 3.03. The van der Waals surface area contributed by atoms with Crippen molar-refractivity contribution in [3.05, 3.63) is 133 Å². The van der Waals surface area contributed by atoms with Crippen molar-refractivity contribution < 1.29 is 19.7 Å². The van der Waals surface area contributed by atoms with Gasteiger partial charge in [0, 0.05) is 125 Å². The Bertz CT molecular complexity index is 1630. The molecule has 0 heterocycles. The number of hydrogen-bond donors (Lipinski definition) is 4. The Kier molecular flexibility index (Phi) is 9.08. The maximum atomic E-state index is 12.1. The second-order valence-corrected chi connectivity index (χ2v) is 11.3. The molecule has 4 N–H and O–H groups in total. The average molecular weight is 657 g/mol. The Balaban J connectivity index is 1.93. The van der Waals surface area contributed by atoms with Crippen molar-refractivity contribution in [3.63, 3.8) is 0 Å². The zero-order chi connectivity index (χ0) is 34.9. The van der Waals surface area contributed by atoms with Crippen LogP contribution in [0, 0.1) is 40.5 Å². The van der Waals surface area contributed by atoms with Crippen molar-refractivity contribution in [2.75, 3.05) is 49.5 Å². The summed E-state index contributed by atoms with van der Waals surface area (Å²) in [6, 6.07) is 11.2. The molecule has 1 aliphatic carbocycles. The molecule has 16 nitrogen and oxygen atoms in total. The van der Waals surface area contributed by atoms with Gasteiger partial charge in [-0.15, -0.1) is 0 Å². The lowest BCUT2D eigenvalue weighted by molar-refractivity contribution is -0.385. The normalized spacial score (nSPS) is 12.1. The van der Waals surface area contributed by atoms with Crippen molar-refractivity contribution in [1.29, 1.82) is 0 Å². The zero-order valence-electron chi connectivity index (χ0n) is 26.5. The number of anilines is 4. The summed E-state index contributed by atoms with van der Waals surface area (Å²) in [5.74, 6) is 0. The van der Waals surface area contributed by atoms with Gasteiger partial charge in [-0.25, -0.2) is 0 Å². The fourth-order valence-corrected chi connectivity index (χ4v) is 6.64. The van der Waals surface area contributed by atoms with Gasteiger partial charge in [0.15, 0.2) is 0 Å². The molecule has 0 radical (unpaired) electrons. The fourth-order valence-electron chi connectivity index (χ4n) is 6.64. The highest BCUT2D eigenvalue weighted by atomic mass is 16.6. The second kappa shape index (κ2) is 13.2. The summed E-state index contributed by atoms with van der Waals surface area (Å²) in [5.41, 5.74) is 5.09. The van der Waals surface area contributed by atoms with Crippen LogP contribution in [0.25, 0.3) is 0 Å². The van der Waals surface area contributed by atoms with Gasteiger partial charge in [0.1, 0.15) is 0 Å². The minimum atomic E-state index is -0.529. The first-order chi connectivity index (χ1) is 22.9. The standard InChI is InChI=1S/C32H32N8O8/c1-33-29-17-5-19-11-26(38(43)44)13-21(30(19)34-2)7-23-15-28(40(47)48)16-24(32(23)36-4)8-22-14-27(39(45)46)12-20(31(22)35-3)6-18(29)10-25(9-17)37(41)42/h9-16,33-36H,5-8H2,1-4H3. The predicted molar refractivity (Wildman–Crippen MR) is 182 cm³/mol. The highest BCUT2D eigenvalue weighted by Crippen LogP contribution is 2.40. The van der Waals surface area contributed by atoms with E-state index in [0.29, 0.717) is 67.3 Å². The molecule has 1 aliphatic rings. The number of benzene rings is 4. The van der Waals surface area contributed by atoms with E-state index in [1.165, 1.54) is 48.5 Å². The molecule has 0 amide bonds. The third-order valence-electron chi connectivity index (χ3n) is 8.51. The van der Waals surface area contributed by atoms with E-state index in [4.69, 9.17) is 0 Å². The molecular formula is C32H32N8O8. The molecule has 0 aliphatic heterocycles. The third kappa shape index (κ3) is 6.22. The molecule has 0 saturated heterocycles. The van der Waals surface area contributed by atoms with Crippen LogP contribution in [0.3, 0.4) is 0 Å². The molecule has 0 saturated carbocycles. The van der Waals surface area contributed by atoms with Gasteiger partial charge in [0.2, 0.25) is 0 Å². The Morgan fingerprint density at radius 1 is 0.375 bits per heavy atom. The Hall–Kier alpha value is -6.32. The number of nitro groups is 4. The maximum absolute atomic E-state index is 12.1. The fraction of sp³-hybridized carbons (Fsp3) is 0.250. The molecule has 4 aromatic rings. The van der Waals surface area contributed by atoms with Gasteiger partial charge in [-0.2, -0.15) is 0 Å². The second-order valence-electron chi connectivity index (χ2n) is 11.3. The van der Waals surface area contributed by atoms with Crippen LogP contribution in [0.2, 0.25) is 0 Å². The maximum Gasteiger partial charge on any atom is 0.270 e. The molecule has 0 spiro atoms. The molecule has 0 unspecified atom stereocenters. The van der Waals surface area contributed by atoms with Crippen LogP contribution >= 0.6 is 0 Å². The number of nitrogens with one attached hydrogen (secondary N) is 4. The number of hydrogen-bond acceptors (Lipinski definition) is 12. The minimum Gasteiger partial charge on any atom is -0.388 e. The number of fused-ring (bicyclic) bond motifs is 8. The Morgan fingerprint density at radius 3 is 0.625 bits per heavy atom. The molecule has 48 heavy (non-hydrogen) atoms. The quantitative estimate of drug-likeness (QED) is 0.109.